The Hall–Kier alpha value is -1.38. The van der Waals surface area contributed by atoms with Crippen LogP contribution in [0.15, 0.2) is 24.5 Å². The molecule has 2 rings (SSSR count). The van der Waals surface area contributed by atoms with Crippen molar-refractivity contribution in [3.63, 3.8) is 0 Å². The van der Waals surface area contributed by atoms with Crippen LogP contribution >= 0.6 is 0 Å². The summed E-state index contributed by atoms with van der Waals surface area (Å²) >= 11 is 0. The maximum absolute atomic E-state index is 4.24. The van der Waals surface area contributed by atoms with Crippen LogP contribution in [-0.2, 0) is 0 Å². The van der Waals surface area contributed by atoms with E-state index in [0.717, 1.165) is 11.3 Å². The van der Waals surface area contributed by atoms with Crippen LogP contribution in [0.4, 0.5) is 0 Å². The predicted octanol–water partition coefficient (Wildman–Crippen LogP) is 2.06. The summed E-state index contributed by atoms with van der Waals surface area (Å²) in [6, 6.07) is 3.81. The van der Waals surface area contributed by atoms with Crippen molar-refractivity contribution in [2.75, 3.05) is 0 Å². The van der Waals surface area contributed by atoms with E-state index in [-0.39, 0.29) is 0 Å². The zero-order valence-electron chi connectivity index (χ0n) is 7.65. The summed E-state index contributed by atoms with van der Waals surface area (Å²) in [6.45, 7) is 5.97. The lowest BCUT2D eigenvalue weighted by Gasteiger charge is -1.91. The minimum atomic E-state index is 0.903. The van der Waals surface area contributed by atoms with E-state index < -0.39 is 0 Å². The number of aryl methyl sites for hydroxylation is 1. The van der Waals surface area contributed by atoms with Crippen LogP contribution in [0.1, 0.15) is 19.5 Å². The van der Waals surface area contributed by atoms with Crippen molar-refractivity contribution in [1.29, 1.82) is 0 Å². The van der Waals surface area contributed by atoms with Crippen molar-refractivity contribution < 1.29 is 0 Å². The molecule has 0 aliphatic carbocycles. The highest BCUT2D eigenvalue weighted by atomic mass is 15.2. The van der Waals surface area contributed by atoms with Gasteiger partial charge in [-0.15, -0.1) is 0 Å². The molecule has 3 nitrogen and oxygen atoms in total. The van der Waals surface area contributed by atoms with Gasteiger partial charge in [0.2, 0.25) is 0 Å². The summed E-state index contributed by atoms with van der Waals surface area (Å²) in [5.74, 6) is 0. The molecule has 2 heterocycles. The molecular weight excluding hydrogens is 150 g/mol. The Bertz CT molecular complexity index is 351. The van der Waals surface area contributed by atoms with Crippen molar-refractivity contribution in [3.05, 3.63) is 30.2 Å². The molecule has 0 bridgehead atoms. The highest BCUT2D eigenvalue weighted by Crippen LogP contribution is 1.98. The Morgan fingerprint density at radius 3 is 2.75 bits per heavy atom. The fourth-order valence-corrected chi connectivity index (χ4v) is 0.907. The molecule has 0 aliphatic rings. The standard InChI is InChI=1S/C7H7N3.C2H6/c1-6-3-5-10-7(9-6)2-4-8-10;1-2/h2-5H,1H3;1-2H3. The zero-order chi connectivity index (χ0) is 8.97. The topological polar surface area (TPSA) is 30.2 Å². The highest BCUT2D eigenvalue weighted by molar-refractivity contribution is 5.35. The average molecular weight is 163 g/mol. The van der Waals surface area contributed by atoms with E-state index in [2.05, 4.69) is 10.1 Å². The number of rotatable bonds is 0. The molecule has 0 unspecified atom stereocenters. The Balaban J connectivity index is 0.000000336. The average Bonchev–Trinajstić information content (AvgIpc) is 2.54. The highest BCUT2D eigenvalue weighted by Gasteiger charge is 1.91. The van der Waals surface area contributed by atoms with Crippen LogP contribution in [0.2, 0.25) is 0 Å². The van der Waals surface area contributed by atoms with Crippen LogP contribution in [-0.4, -0.2) is 14.6 Å². The van der Waals surface area contributed by atoms with Gasteiger partial charge >= 0.3 is 0 Å². The quantitative estimate of drug-likeness (QED) is 0.595. The summed E-state index contributed by atoms with van der Waals surface area (Å²) in [6.07, 6.45) is 3.64. The monoisotopic (exact) mass is 163 g/mol. The van der Waals surface area contributed by atoms with Gasteiger partial charge in [-0.2, -0.15) is 5.10 Å². The Morgan fingerprint density at radius 2 is 2.00 bits per heavy atom. The molecule has 0 spiro atoms. The lowest BCUT2D eigenvalue weighted by Crippen LogP contribution is -1.89. The zero-order valence-corrected chi connectivity index (χ0v) is 7.65. The lowest BCUT2D eigenvalue weighted by atomic mass is 10.4. The Kier molecular flexibility index (Phi) is 2.80. The minimum absolute atomic E-state index is 0.903. The fourth-order valence-electron chi connectivity index (χ4n) is 0.907. The van der Waals surface area contributed by atoms with E-state index in [0.29, 0.717) is 0 Å². The first-order valence-electron chi connectivity index (χ1n) is 4.13. The van der Waals surface area contributed by atoms with Gasteiger partial charge in [-0.25, -0.2) is 9.50 Å². The van der Waals surface area contributed by atoms with Gasteiger partial charge in [-0.1, -0.05) is 13.8 Å². The molecule has 0 saturated carbocycles. The minimum Gasteiger partial charge on any atom is -0.234 e. The molecule has 2 aromatic heterocycles. The SMILES string of the molecule is CC.Cc1ccn2nccc2n1. The van der Waals surface area contributed by atoms with Gasteiger partial charge in [0.25, 0.3) is 0 Å². The van der Waals surface area contributed by atoms with Gasteiger partial charge in [0.1, 0.15) is 0 Å². The second-order valence-corrected chi connectivity index (χ2v) is 2.20. The third-order valence-corrected chi connectivity index (χ3v) is 1.40. The molecule has 0 atom stereocenters. The van der Waals surface area contributed by atoms with Gasteiger partial charge in [0.15, 0.2) is 5.65 Å². The molecule has 0 aliphatic heterocycles. The van der Waals surface area contributed by atoms with Gasteiger partial charge in [-0.05, 0) is 13.0 Å². The van der Waals surface area contributed by atoms with Gasteiger partial charge in [0.05, 0.1) is 6.20 Å². The third-order valence-electron chi connectivity index (χ3n) is 1.40. The Morgan fingerprint density at radius 1 is 1.25 bits per heavy atom. The predicted molar refractivity (Wildman–Crippen MR) is 49.1 cm³/mol. The molecule has 0 N–H and O–H groups in total. The van der Waals surface area contributed by atoms with Crippen LogP contribution in [0.3, 0.4) is 0 Å². The van der Waals surface area contributed by atoms with Crippen LogP contribution in [0, 0.1) is 6.92 Å². The molecule has 0 radical (unpaired) electrons. The number of fused-ring (bicyclic) bond motifs is 1. The smallest absolute Gasteiger partial charge is 0.155 e. The maximum atomic E-state index is 4.24. The second-order valence-electron chi connectivity index (χ2n) is 2.20. The lowest BCUT2D eigenvalue weighted by molar-refractivity contribution is 0.929. The number of nitrogens with zero attached hydrogens (tertiary/aromatic N) is 3. The number of hydrogen-bond acceptors (Lipinski definition) is 2. The summed E-state index contributed by atoms with van der Waals surface area (Å²) in [5, 5.41) is 4.01. The normalized spacial score (nSPS) is 9.25. The molecule has 12 heavy (non-hydrogen) atoms. The first-order valence-corrected chi connectivity index (χ1v) is 4.13. The first kappa shape index (κ1) is 8.71. The first-order chi connectivity index (χ1) is 5.86. The Labute approximate surface area is 72.1 Å². The van der Waals surface area contributed by atoms with Crippen LogP contribution in [0.5, 0.6) is 0 Å². The van der Waals surface area contributed by atoms with Gasteiger partial charge < -0.3 is 0 Å². The summed E-state index contributed by atoms with van der Waals surface area (Å²) in [7, 11) is 0. The molecule has 64 valence electrons. The largest absolute Gasteiger partial charge is 0.234 e. The van der Waals surface area contributed by atoms with E-state index in [4.69, 9.17) is 0 Å². The van der Waals surface area contributed by atoms with Crippen molar-refractivity contribution in [3.8, 4) is 0 Å². The molecule has 2 aromatic rings. The van der Waals surface area contributed by atoms with Crippen LogP contribution < -0.4 is 0 Å². The number of aromatic nitrogens is 3. The maximum Gasteiger partial charge on any atom is 0.155 e. The van der Waals surface area contributed by atoms with Gasteiger partial charge in [-0.3, -0.25) is 0 Å². The summed E-state index contributed by atoms with van der Waals surface area (Å²) < 4.78 is 1.74. The molecule has 0 saturated heterocycles. The second kappa shape index (κ2) is 3.85. The van der Waals surface area contributed by atoms with E-state index in [1.165, 1.54) is 0 Å². The van der Waals surface area contributed by atoms with E-state index >= 15 is 0 Å². The van der Waals surface area contributed by atoms with E-state index in [9.17, 15) is 0 Å². The third kappa shape index (κ3) is 1.61. The fraction of sp³-hybridized carbons (Fsp3) is 0.333. The van der Waals surface area contributed by atoms with Gasteiger partial charge in [0, 0.05) is 18.0 Å². The molecule has 0 amide bonds. The molecule has 0 fully saturated rings. The van der Waals surface area contributed by atoms with Crippen molar-refractivity contribution in [2.24, 2.45) is 0 Å². The summed E-state index contributed by atoms with van der Waals surface area (Å²) in [4.78, 5) is 4.24. The van der Waals surface area contributed by atoms with Crippen molar-refractivity contribution in [2.45, 2.75) is 20.8 Å². The number of hydrogen-bond donors (Lipinski definition) is 0. The van der Waals surface area contributed by atoms with E-state index in [1.807, 2.05) is 39.1 Å². The van der Waals surface area contributed by atoms with E-state index in [1.54, 1.807) is 10.7 Å². The molecule has 3 heteroatoms. The van der Waals surface area contributed by atoms with Crippen LogP contribution in [0.25, 0.3) is 5.65 Å². The van der Waals surface area contributed by atoms with Crippen molar-refractivity contribution >= 4 is 5.65 Å². The van der Waals surface area contributed by atoms with Crippen molar-refractivity contribution in [1.82, 2.24) is 14.6 Å². The summed E-state index contributed by atoms with van der Waals surface area (Å²) in [5.41, 5.74) is 1.92. The molecule has 0 aromatic carbocycles. The molecular formula is C9H13N3.